The van der Waals surface area contributed by atoms with Gasteiger partial charge < -0.3 is 25.8 Å². The predicted octanol–water partition coefficient (Wildman–Crippen LogP) is -0.0453. The Kier molecular flexibility index (Phi) is 3.95. The van der Waals surface area contributed by atoms with E-state index in [4.69, 9.17) is 20.9 Å². The molecule has 3 rings (SSSR count). The van der Waals surface area contributed by atoms with E-state index >= 15 is 0 Å². The zero-order chi connectivity index (χ0) is 13.9. The lowest BCUT2D eigenvalue weighted by Gasteiger charge is -2.37. The van der Waals surface area contributed by atoms with Crippen LogP contribution in [-0.2, 0) is 6.54 Å². The van der Waals surface area contributed by atoms with Crippen molar-refractivity contribution in [2.45, 2.75) is 6.54 Å². The van der Waals surface area contributed by atoms with Gasteiger partial charge in [-0.2, -0.15) is 0 Å². The van der Waals surface area contributed by atoms with E-state index in [-0.39, 0.29) is 0 Å². The molecule has 1 aromatic rings. The van der Waals surface area contributed by atoms with Crippen molar-refractivity contribution in [2.75, 3.05) is 51.0 Å². The summed E-state index contributed by atoms with van der Waals surface area (Å²) in [6, 6.07) is 4.10. The fourth-order valence-corrected chi connectivity index (χ4v) is 2.71. The van der Waals surface area contributed by atoms with Crippen LogP contribution >= 0.6 is 0 Å². The molecule has 1 saturated heterocycles. The summed E-state index contributed by atoms with van der Waals surface area (Å²) in [5, 5.41) is 0. The second-order valence-electron chi connectivity index (χ2n) is 5.13. The summed E-state index contributed by atoms with van der Waals surface area (Å²) >= 11 is 0. The van der Waals surface area contributed by atoms with E-state index < -0.39 is 0 Å². The van der Waals surface area contributed by atoms with Crippen molar-refractivity contribution in [1.82, 2.24) is 4.90 Å². The van der Waals surface area contributed by atoms with E-state index in [0.717, 1.165) is 48.9 Å². The molecule has 0 spiro atoms. The van der Waals surface area contributed by atoms with Crippen LogP contribution < -0.4 is 25.8 Å². The van der Waals surface area contributed by atoms with Crippen LogP contribution in [0.3, 0.4) is 0 Å². The topological polar surface area (TPSA) is 77.0 Å². The number of nitrogens with zero attached hydrogens (tertiary/aromatic N) is 2. The predicted molar refractivity (Wildman–Crippen MR) is 78.2 cm³/mol. The molecule has 0 aliphatic carbocycles. The highest BCUT2D eigenvalue weighted by Gasteiger charge is 2.24. The van der Waals surface area contributed by atoms with Gasteiger partial charge in [0, 0.05) is 39.4 Å². The summed E-state index contributed by atoms with van der Waals surface area (Å²) in [5.74, 6) is 1.67. The Morgan fingerprint density at radius 2 is 1.75 bits per heavy atom. The Labute approximate surface area is 119 Å². The van der Waals surface area contributed by atoms with E-state index in [9.17, 15) is 0 Å². The fraction of sp³-hybridized carbons (Fsp3) is 0.571. The van der Waals surface area contributed by atoms with Crippen LogP contribution in [0.5, 0.6) is 11.5 Å². The molecule has 110 valence electrons. The quantitative estimate of drug-likeness (QED) is 0.807. The van der Waals surface area contributed by atoms with Gasteiger partial charge in [-0.3, -0.25) is 4.90 Å². The van der Waals surface area contributed by atoms with E-state index in [1.54, 1.807) is 0 Å². The van der Waals surface area contributed by atoms with Gasteiger partial charge in [-0.25, -0.2) is 0 Å². The van der Waals surface area contributed by atoms with Gasteiger partial charge >= 0.3 is 0 Å². The summed E-state index contributed by atoms with van der Waals surface area (Å²) in [7, 11) is 0. The highest BCUT2D eigenvalue weighted by atomic mass is 16.6. The molecule has 0 atom stereocenters. The summed E-state index contributed by atoms with van der Waals surface area (Å²) in [6.45, 7) is 6.16. The lowest BCUT2D eigenvalue weighted by atomic mass is 10.1. The highest BCUT2D eigenvalue weighted by Crippen LogP contribution is 2.41. The number of hydrogen-bond acceptors (Lipinski definition) is 6. The molecule has 0 aromatic heterocycles. The minimum absolute atomic E-state index is 0.506. The van der Waals surface area contributed by atoms with E-state index in [1.807, 2.05) is 6.07 Å². The number of hydrogen-bond donors (Lipinski definition) is 2. The lowest BCUT2D eigenvalue weighted by Crippen LogP contribution is -2.48. The number of benzene rings is 1. The molecule has 4 N–H and O–H groups in total. The van der Waals surface area contributed by atoms with Crippen molar-refractivity contribution >= 4 is 5.69 Å². The number of rotatable bonds is 3. The van der Waals surface area contributed by atoms with Gasteiger partial charge in [0.05, 0.1) is 5.69 Å². The maximum absolute atomic E-state index is 5.81. The lowest BCUT2D eigenvalue weighted by molar-refractivity contribution is 0.171. The van der Waals surface area contributed by atoms with Crippen molar-refractivity contribution in [3.05, 3.63) is 17.7 Å². The van der Waals surface area contributed by atoms with Gasteiger partial charge in [-0.05, 0) is 17.7 Å². The van der Waals surface area contributed by atoms with Crippen LogP contribution in [0, 0.1) is 0 Å². The first-order chi connectivity index (χ1) is 9.81. The van der Waals surface area contributed by atoms with Gasteiger partial charge in [0.25, 0.3) is 0 Å². The molecule has 6 nitrogen and oxygen atoms in total. The average Bonchev–Trinajstić information content (AvgIpc) is 2.54. The average molecular weight is 278 g/mol. The number of anilines is 1. The third-order valence-corrected chi connectivity index (χ3v) is 3.89. The third-order valence-electron chi connectivity index (χ3n) is 3.89. The first-order valence-electron chi connectivity index (χ1n) is 7.12. The first-order valence-corrected chi connectivity index (χ1v) is 7.12. The Hall–Kier alpha value is -1.50. The zero-order valence-electron chi connectivity index (χ0n) is 11.7. The van der Waals surface area contributed by atoms with Crippen molar-refractivity contribution < 1.29 is 9.47 Å². The molecule has 20 heavy (non-hydrogen) atoms. The van der Waals surface area contributed by atoms with Gasteiger partial charge in [-0.15, -0.1) is 0 Å². The molecule has 2 heterocycles. The highest BCUT2D eigenvalue weighted by molar-refractivity contribution is 5.67. The van der Waals surface area contributed by atoms with Crippen molar-refractivity contribution in [3.8, 4) is 11.5 Å². The van der Waals surface area contributed by atoms with Crippen LogP contribution in [0.2, 0.25) is 0 Å². The molecular weight excluding hydrogens is 256 g/mol. The molecule has 0 radical (unpaired) electrons. The second-order valence-corrected chi connectivity index (χ2v) is 5.13. The Morgan fingerprint density at radius 1 is 1.00 bits per heavy atom. The second kappa shape index (κ2) is 5.87. The van der Waals surface area contributed by atoms with E-state index in [2.05, 4.69) is 15.9 Å². The Balaban J connectivity index is 1.88. The van der Waals surface area contributed by atoms with Crippen molar-refractivity contribution in [3.63, 3.8) is 0 Å². The molecule has 6 heteroatoms. The molecule has 1 fully saturated rings. The maximum atomic E-state index is 5.81. The molecule has 1 aromatic carbocycles. The van der Waals surface area contributed by atoms with Crippen LogP contribution in [0.4, 0.5) is 5.69 Å². The number of ether oxygens (including phenoxy) is 2. The summed E-state index contributed by atoms with van der Waals surface area (Å²) in [6.07, 6.45) is 0. The largest absolute Gasteiger partial charge is 0.486 e. The van der Waals surface area contributed by atoms with Gasteiger partial charge in [0.15, 0.2) is 11.5 Å². The Morgan fingerprint density at radius 3 is 2.45 bits per heavy atom. The standard InChI is InChI=1S/C14H22N4O2/c15-9-11-7-12(14-13(8-11)19-5-6-20-14)18-3-1-17(10-16)2-4-18/h7-8H,1-6,9-10,15-16H2. The zero-order valence-corrected chi connectivity index (χ0v) is 11.7. The molecule has 0 unspecified atom stereocenters. The van der Waals surface area contributed by atoms with Crippen molar-refractivity contribution in [2.24, 2.45) is 11.5 Å². The maximum Gasteiger partial charge on any atom is 0.184 e. The van der Waals surface area contributed by atoms with Crippen LogP contribution in [0.1, 0.15) is 5.56 Å². The monoisotopic (exact) mass is 278 g/mol. The summed E-state index contributed by atoms with van der Waals surface area (Å²) < 4.78 is 11.5. The van der Waals surface area contributed by atoms with E-state index in [1.165, 1.54) is 0 Å². The fourth-order valence-electron chi connectivity index (χ4n) is 2.71. The first kappa shape index (κ1) is 13.5. The molecule has 0 saturated carbocycles. The summed E-state index contributed by atoms with van der Waals surface area (Å²) in [4.78, 5) is 4.58. The molecule has 0 bridgehead atoms. The molecule has 0 amide bonds. The Bertz CT molecular complexity index is 472. The van der Waals surface area contributed by atoms with Crippen LogP contribution in [-0.4, -0.2) is 51.0 Å². The van der Waals surface area contributed by atoms with Crippen molar-refractivity contribution in [1.29, 1.82) is 0 Å². The van der Waals surface area contributed by atoms with Crippen LogP contribution in [0.25, 0.3) is 0 Å². The molecule has 2 aliphatic heterocycles. The smallest absolute Gasteiger partial charge is 0.184 e. The SMILES string of the molecule is NCc1cc2c(c(N3CCN(CN)CC3)c1)OCCO2. The van der Waals surface area contributed by atoms with E-state index in [0.29, 0.717) is 26.4 Å². The summed E-state index contributed by atoms with van der Waals surface area (Å²) in [5.41, 5.74) is 13.6. The minimum atomic E-state index is 0.506. The molecule has 2 aliphatic rings. The third kappa shape index (κ3) is 2.54. The van der Waals surface area contributed by atoms with Gasteiger partial charge in [-0.1, -0.05) is 0 Å². The molecular formula is C14H22N4O2. The number of fused-ring (bicyclic) bond motifs is 1. The van der Waals surface area contributed by atoms with Crippen LogP contribution in [0.15, 0.2) is 12.1 Å². The minimum Gasteiger partial charge on any atom is -0.486 e. The van der Waals surface area contributed by atoms with Gasteiger partial charge in [0.1, 0.15) is 13.2 Å². The number of nitrogens with two attached hydrogens (primary N) is 2. The normalized spacial score (nSPS) is 19.2. The number of piperazine rings is 1. The van der Waals surface area contributed by atoms with Gasteiger partial charge in [0.2, 0.25) is 0 Å².